The molecule has 10 heteroatoms. The van der Waals surface area contributed by atoms with Gasteiger partial charge < -0.3 is 4.52 Å². The summed E-state index contributed by atoms with van der Waals surface area (Å²) in [5, 5.41) is 0.226. The molecule has 0 spiro atoms. The van der Waals surface area contributed by atoms with Crippen molar-refractivity contribution >= 4 is 57.0 Å². The number of sulfonamides is 1. The molecule has 1 unspecified atom stereocenters. The van der Waals surface area contributed by atoms with E-state index in [1.807, 2.05) is 0 Å². The molecular weight excluding hydrogens is 331 g/mol. The Bertz CT molecular complexity index is 647. The molecule has 2 rings (SSSR count). The molecule has 1 aromatic rings. The molecule has 0 saturated carbocycles. The standard InChI is InChI=1S/C7H5Cl3NO4PS/c1-17(13,14)11-6-3-4(8)2-5(9)7(6)15-16(11,10)12/h2-3H,1H3. The molecule has 0 aliphatic carbocycles. The van der Waals surface area contributed by atoms with Crippen molar-refractivity contribution in [3.8, 4) is 5.75 Å². The molecule has 1 aliphatic rings. The van der Waals surface area contributed by atoms with Crippen LogP contribution in [0.5, 0.6) is 5.75 Å². The number of hydrogen-bond donors (Lipinski definition) is 0. The Morgan fingerprint density at radius 1 is 1.35 bits per heavy atom. The summed E-state index contributed by atoms with van der Waals surface area (Å²) in [6, 6.07) is 2.61. The first-order valence-electron chi connectivity index (χ1n) is 4.12. The monoisotopic (exact) mass is 335 g/mol. The van der Waals surface area contributed by atoms with Gasteiger partial charge in [0.25, 0.3) is 0 Å². The van der Waals surface area contributed by atoms with Gasteiger partial charge in [0.15, 0.2) is 5.75 Å². The summed E-state index contributed by atoms with van der Waals surface area (Å²) in [6.07, 6.45) is 0.856. The Morgan fingerprint density at radius 3 is 2.47 bits per heavy atom. The van der Waals surface area contributed by atoms with Crippen LogP contribution in [0.25, 0.3) is 0 Å². The molecule has 0 amide bonds. The SMILES string of the molecule is CS(=O)(=O)N1c2cc(Cl)cc(Cl)c2OP1(=O)Cl. The smallest absolute Gasteiger partial charge is 0.414 e. The van der Waals surface area contributed by atoms with E-state index in [-0.39, 0.29) is 21.5 Å². The highest BCUT2D eigenvalue weighted by molar-refractivity contribution is 8.06. The number of nitrogens with zero attached hydrogens (tertiary/aromatic N) is 1. The number of rotatable bonds is 1. The molecular formula is C7H5Cl3NO4PS. The van der Waals surface area contributed by atoms with Crippen LogP contribution >= 0.6 is 41.3 Å². The summed E-state index contributed by atoms with van der Waals surface area (Å²) in [5.74, 6) is -0.0557. The average molecular weight is 337 g/mol. The molecule has 1 heterocycles. The lowest BCUT2D eigenvalue weighted by Crippen LogP contribution is -2.22. The Kier molecular flexibility index (Phi) is 3.08. The van der Waals surface area contributed by atoms with Crippen LogP contribution in [-0.2, 0) is 14.6 Å². The first kappa shape index (κ1) is 13.3. The zero-order valence-corrected chi connectivity index (χ0v) is 12.2. The summed E-state index contributed by atoms with van der Waals surface area (Å²) in [6.45, 7) is -4.03. The van der Waals surface area contributed by atoms with Gasteiger partial charge in [-0.25, -0.2) is 13.0 Å². The fourth-order valence-electron chi connectivity index (χ4n) is 1.41. The van der Waals surface area contributed by atoms with Crippen LogP contribution in [0.4, 0.5) is 5.69 Å². The third-order valence-electron chi connectivity index (χ3n) is 1.93. The maximum Gasteiger partial charge on any atom is 0.451 e. The highest BCUT2D eigenvalue weighted by Crippen LogP contribution is 2.68. The van der Waals surface area contributed by atoms with Crippen molar-refractivity contribution in [1.82, 2.24) is 0 Å². The average Bonchev–Trinajstić information content (AvgIpc) is 2.34. The van der Waals surface area contributed by atoms with Crippen LogP contribution in [0.1, 0.15) is 0 Å². The second-order valence-electron chi connectivity index (χ2n) is 3.28. The van der Waals surface area contributed by atoms with Gasteiger partial charge in [0, 0.05) is 16.3 Å². The lowest BCUT2D eigenvalue weighted by atomic mass is 10.3. The number of hydrogen-bond acceptors (Lipinski definition) is 4. The zero-order chi connectivity index (χ0) is 13.0. The van der Waals surface area contributed by atoms with Gasteiger partial charge in [0.05, 0.1) is 11.3 Å². The van der Waals surface area contributed by atoms with Gasteiger partial charge in [-0.15, -0.1) is 0 Å². The van der Waals surface area contributed by atoms with E-state index in [2.05, 4.69) is 0 Å². The van der Waals surface area contributed by atoms with E-state index in [9.17, 15) is 13.0 Å². The van der Waals surface area contributed by atoms with Crippen LogP contribution in [0.2, 0.25) is 10.0 Å². The maximum absolute atomic E-state index is 11.9. The van der Waals surface area contributed by atoms with E-state index < -0.39 is 16.9 Å². The largest absolute Gasteiger partial charge is 0.451 e. The normalized spacial score (nSPS) is 23.4. The van der Waals surface area contributed by atoms with Crippen molar-refractivity contribution in [2.75, 3.05) is 10.3 Å². The Hall–Kier alpha value is -0.130. The number of halogens is 3. The summed E-state index contributed by atoms with van der Waals surface area (Å²) in [5.41, 5.74) is -0.0247. The summed E-state index contributed by atoms with van der Waals surface area (Å²) in [4.78, 5) is 0. The minimum absolute atomic E-state index is 0.0247. The number of fused-ring (bicyclic) bond motifs is 1. The quantitative estimate of drug-likeness (QED) is 0.736. The van der Waals surface area contributed by atoms with Crippen LogP contribution in [-0.4, -0.2) is 14.7 Å². The number of anilines is 1. The molecule has 0 fully saturated rings. The molecule has 0 saturated heterocycles. The first-order valence-corrected chi connectivity index (χ1v) is 9.21. The molecule has 5 nitrogen and oxygen atoms in total. The fraction of sp³-hybridized carbons (Fsp3) is 0.143. The van der Waals surface area contributed by atoms with Crippen LogP contribution < -0.4 is 8.60 Å². The Morgan fingerprint density at radius 2 is 1.94 bits per heavy atom. The topological polar surface area (TPSA) is 63.7 Å². The lowest BCUT2D eigenvalue weighted by Gasteiger charge is -2.16. The van der Waals surface area contributed by atoms with Crippen molar-refractivity contribution in [3.63, 3.8) is 0 Å². The zero-order valence-electron chi connectivity index (χ0n) is 8.22. The van der Waals surface area contributed by atoms with Crippen molar-refractivity contribution in [3.05, 3.63) is 22.2 Å². The predicted molar refractivity (Wildman–Crippen MR) is 67.9 cm³/mol. The van der Waals surface area contributed by atoms with Gasteiger partial charge in [-0.1, -0.05) is 23.2 Å². The second kappa shape index (κ2) is 3.93. The van der Waals surface area contributed by atoms with Crippen LogP contribution in [0.15, 0.2) is 12.1 Å². The third-order valence-corrected chi connectivity index (χ3v) is 6.78. The van der Waals surface area contributed by atoms with E-state index in [4.69, 9.17) is 39.0 Å². The minimum atomic E-state index is -4.03. The Labute approximate surface area is 113 Å². The van der Waals surface area contributed by atoms with Gasteiger partial charge in [0.1, 0.15) is 5.69 Å². The lowest BCUT2D eigenvalue weighted by molar-refractivity contribution is 0.510. The Balaban J connectivity index is 2.77. The molecule has 94 valence electrons. The molecule has 0 N–H and O–H groups in total. The molecule has 0 aromatic heterocycles. The summed E-state index contributed by atoms with van der Waals surface area (Å²) in [7, 11) is -3.86. The maximum atomic E-state index is 11.9. The number of benzene rings is 1. The van der Waals surface area contributed by atoms with E-state index in [0.29, 0.717) is 4.08 Å². The predicted octanol–water partition coefficient (Wildman–Crippen LogP) is 3.50. The van der Waals surface area contributed by atoms with Crippen LogP contribution in [0, 0.1) is 0 Å². The highest BCUT2D eigenvalue weighted by Gasteiger charge is 2.47. The van der Waals surface area contributed by atoms with Gasteiger partial charge >= 0.3 is 6.87 Å². The fourth-order valence-corrected chi connectivity index (χ4v) is 6.36. The molecule has 0 radical (unpaired) electrons. The minimum Gasteiger partial charge on any atom is -0.414 e. The molecule has 0 bridgehead atoms. The van der Waals surface area contributed by atoms with Gasteiger partial charge in [-0.05, 0) is 12.1 Å². The second-order valence-corrected chi connectivity index (χ2v) is 9.00. The molecule has 1 atom stereocenters. The van der Waals surface area contributed by atoms with Crippen molar-refractivity contribution in [1.29, 1.82) is 0 Å². The van der Waals surface area contributed by atoms with Gasteiger partial charge in [-0.3, -0.25) is 0 Å². The molecule has 17 heavy (non-hydrogen) atoms. The van der Waals surface area contributed by atoms with E-state index >= 15 is 0 Å². The first-order chi connectivity index (χ1) is 7.63. The summed E-state index contributed by atoms with van der Waals surface area (Å²) < 4.78 is 40.4. The van der Waals surface area contributed by atoms with E-state index in [1.165, 1.54) is 12.1 Å². The van der Waals surface area contributed by atoms with E-state index in [0.717, 1.165) is 6.26 Å². The third kappa shape index (κ3) is 2.25. The molecule has 1 aromatic carbocycles. The van der Waals surface area contributed by atoms with Crippen molar-refractivity contribution < 1.29 is 17.5 Å². The summed E-state index contributed by atoms with van der Waals surface area (Å²) >= 11 is 17.1. The van der Waals surface area contributed by atoms with Crippen molar-refractivity contribution in [2.24, 2.45) is 0 Å². The highest BCUT2D eigenvalue weighted by atomic mass is 35.7. The van der Waals surface area contributed by atoms with Gasteiger partial charge in [0.2, 0.25) is 10.0 Å². The molecule has 1 aliphatic heterocycles. The van der Waals surface area contributed by atoms with Crippen molar-refractivity contribution in [2.45, 2.75) is 0 Å². The van der Waals surface area contributed by atoms with Crippen LogP contribution in [0.3, 0.4) is 0 Å². The van der Waals surface area contributed by atoms with E-state index in [1.54, 1.807) is 0 Å². The van der Waals surface area contributed by atoms with Gasteiger partial charge in [-0.2, -0.15) is 4.08 Å².